The molecule has 2 rings (SSSR count). The summed E-state index contributed by atoms with van der Waals surface area (Å²) in [4.78, 5) is 0. The van der Waals surface area contributed by atoms with Crippen molar-refractivity contribution in [2.24, 2.45) is 16.8 Å². The van der Waals surface area contributed by atoms with Gasteiger partial charge in [0, 0.05) is 12.0 Å². The van der Waals surface area contributed by atoms with Crippen LogP contribution in [0.2, 0.25) is 0 Å². The van der Waals surface area contributed by atoms with Gasteiger partial charge in [0.05, 0.1) is 12.2 Å². The lowest BCUT2D eigenvalue weighted by Crippen LogP contribution is -2.20. The van der Waals surface area contributed by atoms with Crippen LogP contribution in [0.25, 0.3) is 0 Å². The normalized spacial score (nSPS) is 20.6. The van der Waals surface area contributed by atoms with Gasteiger partial charge in [-0.2, -0.15) is 5.10 Å². The number of benzene rings is 1. The third-order valence-electron chi connectivity index (χ3n) is 2.38. The van der Waals surface area contributed by atoms with Crippen molar-refractivity contribution < 1.29 is 8.78 Å². The molecule has 80 valence electrons. The lowest BCUT2D eigenvalue weighted by molar-refractivity contribution is 0.579. The van der Waals surface area contributed by atoms with Crippen molar-refractivity contribution in [3.63, 3.8) is 0 Å². The van der Waals surface area contributed by atoms with Gasteiger partial charge in [0.15, 0.2) is 5.82 Å². The Labute approximate surface area is 86.2 Å². The van der Waals surface area contributed by atoms with E-state index in [1.807, 2.05) is 6.92 Å². The molecule has 0 aromatic heterocycles. The first-order valence-corrected chi connectivity index (χ1v) is 4.64. The molecule has 5 heteroatoms. The van der Waals surface area contributed by atoms with Gasteiger partial charge >= 0.3 is 0 Å². The quantitative estimate of drug-likeness (QED) is 0.768. The van der Waals surface area contributed by atoms with Crippen molar-refractivity contribution in [3.05, 3.63) is 29.8 Å². The van der Waals surface area contributed by atoms with E-state index in [9.17, 15) is 8.78 Å². The third-order valence-corrected chi connectivity index (χ3v) is 2.38. The fourth-order valence-electron chi connectivity index (χ4n) is 1.47. The Morgan fingerprint density at radius 1 is 1.47 bits per heavy atom. The zero-order chi connectivity index (χ0) is 11.0. The van der Waals surface area contributed by atoms with E-state index >= 15 is 0 Å². The van der Waals surface area contributed by atoms with E-state index in [1.165, 1.54) is 17.1 Å². The smallest absolute Gasteiger partial charge is 0.151 e. The number of hydrogen-bond acceptors (Lipinski definition) is 3. The molecule has 1 atom stereocenters. The molecule has 1 aliphatic heterocycles. The topological polar surface area (TPSA) is 41.6 Å². The molecule has 0 radical (unpaired) electrons. The van der Waals surface area contributed by atoms with E-state index in [0.29, 0.717) is 12.4 Å². The minimum atomic E-state index is -0.624. The van der Waals surface area contributed by atoms with E-state index in [-0.39, 0.29) is 11.6 Å². The Morgan fingerprint density at radius 3 is 2.73 bits per heavy atom. The number of nitrogens with zero attached hydrogens (tertiary/aromatic N) is 2. The molecule has 1 aromatic carbocycles. The molecule has 0 saturated heterocycles. The van der Waals surface area contributed by atoms with Crippen LogP contribution in [-0.4, -0.2) is 12.4 Å². The fraction of sp³-hybridized carbons (Fsp3) is 0.300. The Hall–Kier alpha value is -1.65. The third kappa shape index (κ3) is 1.77. The van der Waals surface area contributed by atoms with Crippen molar-refractivity contribution in [2.45, 2.75) is 6.92 Å². The molecule has 1 aliphatic rings. The highest BCUT2D eigenvalue weighted by atomic mass is 19.1. The minimum Gasteiger partial charge on any atom is -0.385 e. The summed E-state index contributed by atoms with van der Waals surface area (Å²) in [7, 11) is 0. The van der Waals surface area contributed by atoms with Gasteiger partial charge in [-0.3, -0.25) is 5.01 Å². The van der Waals surface area contributed by atoms with Gasteiger partial charge in [0.25, 0.3) is 0 Å². The van der Waals surface area contributed by atoms with Gasteiger partial charge in [-0.15, -0.1) is 0 Å². The van der Waals surface area contributed by atoms with E-state index in [2.05, 4.69) is 5.10 Å². The van der Waals surface area contributed by atoms with Crippen LogP contribution in [-0.2, 0) is 0 Å². The molecule has 1 unspecified atom stereocenters. The lowest BCUT2D eigenvalue weighted by atomic mass is 10.2. The summed E-state index contributed by atoms with van der Waals surface area (Å²) in [6.07, 6.45) is 0. The van der Waals surface area contributed by atoms with Gasteiger partial charge in [-0.1, -0.05) is 6.92 Å². The van der Waals surface area contributed by atoms with Crippen molar-refractivity contribution in [1.29, 1.82) is 0 Å². The molecule has 1 heterocycles. The Balaban J connectivity index is 2.32. The second-order valence-corrected chi connectivity index (χ2v) is 3.60. The SMILES string of the molecule is CC1CN(c2ccc(F)cc2F)N=C1N. The first-order chi connectivity index (χ1) is 7.08. The molecular formula is C10H11F2N3. The molecule has 0 fully saturated rings. The summed E-state index contributed by atoms with van der Waals surface area (Å²) in [5.74, 6) is -0.658. The second-order valence-electron chi connectivity index (χ2n) is 3.60. The molecule has 0 amide bonds. The number of rotatable bonds is 1. The Morgan fingerprint density at radius 2 is 2.20 bits per heavy atom. The summed E-state index contributed by atoms with van der Waals surface area (Å²) in [5.41, 5.74) is 5.85. The molecule has 1 aromatic rings. The highest BCUT2D eigenvalue weighted by Gasteiger charge is 2.23. The summed E-state index contributed by atoms with van der Waals surface area (Å²) in [5, 5.41) is 5.45. The van der Waals surface area contributed by atoms with Gasteiger partial charge in [0.2, 0.25) is 0 Å². The Bertz CT molecular complexity index is 417. The largest absolute Gasteiger partial charge is 0.385 e. The average Bonchev–Trinajstić information content (AvgIpc) is 2.46. The van der Waals surface area contributed by atoms with Gasteiger partial charge in [-0.05, 0) is 12.1 Å². The van der Waals surface area contributed by atoms with Crippen LogP contribution in [0.5, 0.6) is 0 Å². The maximum absolute atomic E-state index is 13.4. The van der Waals surface area contributed by atoms with E-state index in [1.54, 1.807) is 0 Å². The van der Waals surface area contributed by atoms with Crippen LogP contribution in [0.15, 0.2) is 23.3 Å². The summed E-state index contributed by atoms with van der Waals surface area (Å²) in [6, 6.07) is 3.40. The number of anilines is 1. The number of nitrogens with two attached hydrogens (primary N) is 1. The number of halogens is 2. The monoisotopic (exact) mass is 211 g/mol. The molecule has 2 N–H and O–H groups in total. The van der Waals surface area contributed by atoms with E-state index in [4.69, 9.17) is 5.73 Å². The summed E-state index contributed by atoms with van der Waals surface area (Å²) in [6.45, 7) is 2.43. The van der Waals surface area contributed by atoms with Gasteiger partial charge in [0.1, 0.15) is 11.7 Å². The van der Waals surface area contributed by atoms with Crippen molar-refractivity contribution in [2.75, 3.05) is 11.6 Å². The number of amidine groups is 1. The van der Waals surface area contributed by atoms with E-state index in [0.717, 1.165) is 6.07 Å². The van der Waals surface area contributed by atoms with Crippen molar-refractivity contribution in [1.82, 2.24) is 0 Å². The second kappa shape index (κ2) is 3.49. The molecule has 0 saturated carbocycles. The molecule has 3 nitrogen and oxygen atoms in total. The molecule has 0 aliphatic carbocycles. The maximum Gasteiger partial charge on any atom is 0.151 e. The first-order valence-electron chi connectivity index (χ1n) is 4.64. The highest BCUT2D eigenvalue weighted by Crippen LogP contribution is 2.24. The van der Waals surface area contributed by atoms with Crippen LogP contribution < -0.4 is 10.7 Å². The molecule has 15 heavy (non-hydrogen) atoms. The van der Waals surface area contributed by atoms with Crippen molar-refractivity contribution >= 4 is 11.5 Å². The zero-order valence-electron chi connectivity index (χ0n) is 8.24. The van der Waals surface area contributed by atoms with Gasteiger partial charge < -0.3 is 5.73 Å². The van der Waals surface area contributed by atoms with Crippen molar-refractivity contribution in [3.8, 4) is 0 Å². The Kier molecular flexibility index (Phi) is 2.30. The predicted molar refractivity (Wildman–Crippen MR) is 54.5 cm³/mol. The average molecular weight is 211 g/mol. The fourth-order valence-corrected chi connectivity index (χ4v) is 1.47. The summed E-state index contributed by atoms with van der Waals surface area (Å²) < 4.78 is 26.0. The van der Waals surface area contributed by atoms with Crippen LogP contribution >= 0.6 is 0 Å². The number of hydrazone groups is 1. The standard InChI is InChI=1S/C10H11F2N3/c1-6-5-15(14-10(6)13)9-3-2-7(11)4-8(9)12/h2-4,6H,5H2,1H3,(H2,13,14). The molecular weight excluding hydrogens is 200 g/mol. The van der Waals surface area contributed by atoms with Crippen LogP contribution in [0.3, 0.4) is 0 Å². The minimum absolute atomic E-state index is 0.0921. The van der Waals surface area contributed by atoms with Gasteiger partial charge in [-0.25, -0.2) is 8.78 Å². The first kappa shape index (κ1) is 9.89. The molecule has 0 bridgehead atoms. The summed E-state index contributed by atoms with van der Waals surface area (Å²) >= 11 is 0. The zero-order valence-corrected chi connectivity index (χ0v) is 8.24. The lowest BCUT2D eigenvalue weighted by Gasteiger charge is -2.14. The van der Waals surface area contributed by atoms with Crippen LogP contribution in [0.4, 0.5) is 14.5 Å². The van der Waals surface area contributed by atoms with Crippen LogP contribution in [0.1, 0.15) is 6.92 Å². The highest BCUT2D eigenvalue weighted by molar-refractivity contribution is 5.86. The molecule has 0 spiro atoms. The van der Waals surface area contributed by atoms with Crippen LogP contribution in [0, 0.1) is 17.6 Å². The number of hydrogen-bond donors (Lipinski definition) is 1. The predicted octanol–water partition coefficient (Wildman–Crippen LogP) is 1.69. The van der Waals surface area contributed by atoms with E-state index < -0.39 is 11.6 Å². The maximum atomic E-state index is 13.4.